The Morgan fingerprint density at radius 3 is 2.73 bits per heavy atom. The number of carbonyl (C=O) groups excluding carboxylic acids is 1. The molecule has 1 aromatic rings. The molecule has 0 radical (unpaired) electrons. The lowest BCUT2D eigenvalue weighted by molar-refractivity contribution is -0.125. The first-order valence-corrected chi connectivity index (χ1v) is 7.77. The fourth-order valence-electron chi connectivity index (χ4n) is 2.46. The molecule has 2 N–H and O–H groups in total. The van der Waals surface area contributed by atoms with Crippen molar-refractivity contribution >= 4 is 35.6 Å². The van der Waals surface area contributed by atoms with E-state index in [9.17, 15) is 4.79 Å². The molecule has 1 atom stereocenters. The molecule has 1 amide bonds. The number of ether oxygens (including phenoxy) is 1. The maximum atomic E-state index is 12.4. The summed E-state index contributed by atoms with van der Waals surface area (Å²) in [5, 5.41) is 6.74. The standard InChI is InChI=1S/C16H23ClN2O2.ClH/c1-11(2)21-14-6-5-12(9-13(14)17)19-15(20)16(3)7-4-8-18-10-16;/h5-6,9,11,18H,4,7-8,10H2,1-3H3,(H,19,20);1H. The van der Waals surface area contributed by atoms with Crippen molar-refractivity contribution < 1.29 is 9.53 Å². The Labute approximate surface area is 143 Å². The number of amides is 1. The van der Waals surface area contributed by atoms with E-state index in [4.69, 9.17) is 16.3 Å². The zero-order chi connectivity index (χ0) is 15.5. The van der Waals surface area contributed by atoms with Crippen LogP contribution in [0.1, 0.15) is 33.6 Å². The second-order valence-electron chi connectivity index (χ2n) is 6.11. The van der Waals surface area contributed by atoms with Crippen molar-refractivity contribution in [3.05, 3.63) is 23.2 Å². The van der Waals surface area contributed by atoms with Crippen molar-refractivity contribution in [2.75, 3.05) is 18.4 Å². The quantitative estimate of drug-likeness (QED) is 0.869. The number of carbonyl (C=O) groups is 1. The highest BCUT2D eigenvalue weighted by atomic mass is 35.5. The topological polar surface area (TPSA) is 50.4 Å². The maximum absolute atomic E-state index is 12.4. The summed E-state index contributed by atoms with van der Waals surface area (Å²) in [6.45, 7) is 7.58. The molecule has 1 fully saturated rings. The van der Waals surface area contributed by atoms with Gasteiger partial charge in [0.2, 0.25) is 5.91 Å². The van der Waals surface area contributed by atoms with Crippen molar-refractivity contribution in [3.63, 3.8) is 0 Å². The highest BCUT2D eigenvalue weighted by Gasteiger charge is 2.34. The first-order valence-electron chi connectivity index (χ1n) is 7.39. The van der Waals surface area contributed by atoms with Crippen LogP contribution >= 0.6 is 24.0 Å². The Kier molecular flexibility index (Phi) is 6.98. The van der Waals surface area contributed by atoms with Crippen LogP contribution in [0.3, 0.4) is 0 Å². The molecule has 4 nitrogen and oxygen atoms in total. The van der Waals surface area contributed by atoms with Gasteiger partial charge in [0.15, 0.2) is 0 Å². The Balaban J connectivity index is 0.00000242. The van der Waals surface area contributed by atoms with Gasteiger partial charge >= 0.3 is 0 Å². The molecule has 1 heterocycles. The maximum Gasteiger partial charge on any atom is 0.231 e. The van der Waals surface area contributed by atoms with Gasteiger partial charge in [0, 0.05) is 12.2 Å². The molecule has 1 aliphatic rings. The van der Waals surface area contributed by atoms with Crippen LogP contribution < -0.4 is 15.4 Å². The molecule has 124 valence electrons. The Morgan fingerprint density at radius 2 is 2.18 bits per heavy atom. The zero-order valence-corrected chi connectivity index (χ0v) is 14.8. The lowest BCUT2D eigenvalue weighted by Gasteiger charge is -2.32. The molecule has 1 unspecified atom stereocenters. The smallest absolute Gasteiger partial charge is 0.231 e. The number of benzene rings is 1. The van der Waals surface area contributed by atoms with E-state index in [0.29, 0.717) is 23.0 Å². The lowest BCUT2D eigenvalue weighted by atomic mass is 9.82. The number of nitrogens with one attached hydrogen (secondary N) is 2. The van der Waals surface area contributed by atoms with Gasteiger partial charge < -0.3 is 15.4 Å². The third kappa shape index (κ3) is 4.77. The number of piperidine rings is 1. The largest absolute Gasteiger partial charge is 0.489 e. The van der Waals surface area contributed by atoms with Crippen LogP contribution in [0.4, 0.5) is 5.69 Å². The average Bonchev–Trinajstić information content (AvgIpc) is 2.42. The molecular formula is C16H24Cl2N2O2. The van der Waals surface area contributed by atoms with Crippen molar-refractivity contribution in [1.82, 2.24) is 5.32 Å². The third-order valence-corrected chi connectivity index (χ3v) is 3.99. The van der Waals surface area contributed by atoms with E-state index in [2.05, 4.69) is 10.6 Å². The van der Waals surface area contributed by atoms with E-state index in [0.717, 1.165) is 19.4 Å². The molecule has 1 saturated heterocycles. The van der Waals surface area contributed by atoms with E-state index in [1.165, 1.54) is 0 Å². The molecule has 1 aromatic carbocycles. The minimum atomic E-state index is -0.363. The van der Waals surface area contributed by atoms with Crippen LogP contribution in [0.15, 0.2) is 18.2 Å². The average molecular weight is 347 g/mol. The monoisotopic (exact) mass is 346 g/mol. The normalized spacial score (nSPS) is 21.1. The number of rotatable bonds is 4. The molecule has 0 bridgehead atoms. The molecule has 0 aliphatic carbocycles. The van der Waals surface area contributed by atoms with Crippen molar-refractivity contribution in [2.24, 2.45) is 5.41 Å². The second kappa shape index (κ2) is 8.04. The summed E-state index contributed by atoms with van der Waals surface area (Å²) in [7, 11) is 0. The van der Waals surface area contributed by atoms with Gasteiger partial charge in [-0.05, 0) is 58.4 Å². The molecule has 0 spiro atoms. The van der Waals surface area contributed by atoms with Gasteiger partial charge in [-0.15, -0.1) is 12.4 Å². The molecule has 22 heavy (non-hydrogen) atoms. The molecule has 6 heteroatoms. The predicted molar refractivity (Wildman–Crippen MR) is 93.3 cm³/mol. The van der Waals surface area contributed by atoms with Crippen molar-refractivity contribution in [3.8, 4) is 5.75 Å². The summed E-state index contributed by atoms with van der Waals surface area (Å²) < 4.78 is 5.59. The molecule has 0 aromatic heterocycles. The van der Waals surface area contributed by atoms with E-state index in [1.807, 2.05) is 26.8 Å². The Bertz CT molecular complexity index is 515. The summed E-state index contributed by atoms with van der Waals surface area (Å²) in [6, 6.07) is 5.34. The van der Waals surface area contributed by atoms with E-state index in [1.54, 1.807) is 12.1 Å². The van der Waals surface area contributed by atoms with E-state index in [-0.39, 0.29) is 29.8 Å². The Hall–Kier alpha value is -0.970. The van der Waals surface area contributed by atoms with Crippen LogP contribution in [-0.2, 0) is 4.79 Å². The third-order valence-electron chi connectivity index (χ3n) is 3.70. The van der Waals surface area contributed by atoms with Crippen molar-refractivity contribution in [2.45, 2.75) is 39.7 Å². The molecule has 0 saturated carbocycles. The van der Waals surface area contributed by atoms with Gasteiger partial charge in [0.1, 0.15) is 5.75 Å². The highest BCUT2D eigenvalue weighted by molar-refractivity contribution is 6.32. The zero-order valence-electron chi connectivity index (χ0n) is 13.2. The van der Waals surface area contributed by atoms with E-state index < -0.39 is 0 Å². The Morgan fingerprint density at radius 1 is 1.45 bits per heavy atom. The van der Waals surface area contributed by atoms with Gasteiger partial charge in [-0.1, -0.05) is 11.6 Å². The summed E-state index contributed by atoms with van der Waals surface area (Å²) in [5.41, 5.74) is 0.338. The van der Waals surface area contributed by atoms with Crippen molar-refractivity contribution in [1.29, 1.82) is 0 Å². The minimum Gasteiger partial charge on any atom is -0.489 e. The summed E-state index contributed by atoms with van der Waals surface area (Å²) >= 11 is 6.19. The lowest BCUT2D eigenvalue weighted by Crippen LogP contribution is -2.46. The van der Waals surface area contributed by atoms with Crippen LogP contribution in [0.5, 0.6) is 5.75 Å². The first kappa shape index (κ1) is 19.1. The van der Waals surface area contributed by atoms with Gasteiger partial charge in [0.25, 0.3) is 0 Å². The number of anilines is 1. The number of hydrogen-bond donors (Lipinski definition) is 2. The van der Waals surface area contributed by atoms with Gasteiger partial charge in [-0.3, -0.25) is 4.79 Å². The number of hydrogen-bond acceptors (Lipinski definition) is 3. The van der Waals surface area contributed by atoms with Gasteiger partial charge in [-0.2, -0.15) is 0 Å². The van der Waals surface area contributed by atoms with E-state index >= 15 is 0 Å². The van der Waals surface area contributed by atoms with Crippen LogP contribution in [0, 0.1) is 5.41 Å². The molecular weight excluding hydrogens is 323 g/mol. The summed E-state index contributed by atoms with van der Waals surface area (Å²) in [4.78, 5) is 12.4. The second-order valence-corrected chi connectivity index (χ2v) is 6.51. The van der Waals surface area contributed by atoms with Gasteiger partial charge in [-0.25, -0.2) is 0 Å². The molecule has 1 aliphatic heterocycles. The van der Waals surface area contributed by atoms with Crippen LogP contribution in [-0.4, -0.2) is 25.1 Å². The fourth-order valence-corrected chi connectivity index (χ4v) is 2.69. The summed E-state index contributed by atoms with van der Waals surface area (Å²) in [5.74, 6) is 0.665. The summed E-state index contributed by atoms with van der Waals surface area (Å²) in [6.07, 6.45) is 1.98. The highest BCUT2D eigenvalue weighted by Crippen LogP contribution is 2.31. The number of halogens is 2. The van der Waals surface area contributed by atoms with Crippen LogP contribution in [0.2, 0.25) is 5.02 Å². The fraction of sp³-hybridized carbons (Fsp3) is 0.562. The molecule has 2 rings (SSSR count). The minimum absolute atomic E-state index is 0. The SMILES string of the molecule is CC(C)Oc1ccc(NC(=O)C2(C)CCCNC2)cc1Cl.Cl. The van der Waals surface area contributed by atoms with Gasteiger partial charge in [0.05, 0.1) is 16.5 Å². The first-order chi connectivity index (χ1) is 9.90. The predicted octanol–water partition coefficient (Wildman–Crippen LogP) is 3.88. The van der Waals surface area contributed by atoms with Crippen LogP contribution in [0.25, 0.3) is 0 Å².